The predicted octanol–water partition coefficient (Wildman–Crippen LogP) is 4.90. The molecule has 80 valence electrons. The molecule has 2 aromatic rings. The van der Waals surface area contributed by atoms with Crippen molar-refractivity contribution in [1.82, 2.24) is 0 Å². The van der Waals surface area contributed by atoms with E-state index in [4.69, 9.17) is 0 Å². The molecule has 0 N–H and O–H groups in total. The number of hydrogen-bond donors (Lipinski definition) is 0. The summed E-state index contributed by atoms with van der Waals surface area (Å²) in [6.07, 6.45) is 2.11. The molecule has 0 aromatic heterocycles. The molecule has 0 nitrogen and oxygen atoms in total. The molecule has 0 amide bonds. The highest BCUT2D eigenvalue weighted by Gasteiger charge is 1.95. The van der Waals surface area contributed by atoms with E-state index in [9.17, 15) is 0 Å². The molecule has 0 unspecified atom stereocenters. The molecule has 0 fully saturated rings. The third-order valence-corrected chi connectivity index (χ3v) is 2.93. The van der Waals surface area contributed by atoms with Crippen molar-refractivity contribution < 1.29 is 0 Å². The molecule has 0 radical (unpaired) electrons. The Morgan fingerprint density at radius 3 is 2.13 bits per heavy atom. The van der Waals surface area contributed by atoms with Crippen LogP contribution in [0.15, 0.2) is 41.3 Å². The van der Waals surface area contributed by atoms with Crippen molar-refractivity contribution in [2.45, 2.75) is 25.7 Å². The van der Waals surface area contributed by atoms with Crippen LogP contribution in [0.5, 0.6) is 0 Å². The van der Waals surface area contributed by atoms with Crippen LogP contribution in [0.4, 0.5) is 0 Å². The average Bonchev–Trinajstić information content (AvgIpc) is 2.31. The van der Waals surface area contributed by atoms with Crippen LogP contribution in [0.3, 0.4) is 0 Å². The zero-order valence-electron chi connectivity index (χ0n) is 9.87. The number of thioether (sulfide) groups is 1. The van der Waals surface area contributed by atoms with Gasteiger partial charge in [-0.3, -0.25) is 0 Å². The van der Waals surface area contributed by atoms with E-state index in [1.54, 1.807) is 11.8 Å². The van der Waals surface area contributed by atoms with Gasteiger partial charge in [0.2, 0.25) is 0 Å². The molecule has 0 bridgehead atoms. The van der Waals surface area contributed by atoms with Crippen molar-refractivity contribution in [2.75, 3.05) is 6.26 Å². The van der Waals surface area contributed by atoms with Crippen molar-refractivity contribution in [1.29, 1.82) is 0 Å². The highest BCUT2D eigenvalue weighted by atomic mass is 32.2. The van der Waals surface area contributed by atoms with Crippen LogP contribution in [-0.2, 0) is 0 Å². The van der Waals surface area contributed by atoms with Gasteiger partial charge in [-0.2, -0.15) is 0 Å². The third-order valence-electron chi connectivity index (χ3n) is 2.20. The molecule has 2 aromatic carbocycles. The summed E-state index contributed by atoms with van der Waals surface area (Å²) in [7, 11) is 0. The van der Waals surface area contributed by atoms with Gasteiger partial charge in [-0.25, -0.2) is 0 Å². The fourth-order valence-corrected chi connectivity index (χ4v) is 1.92. The lowest BCUT2D eigenvalue weighted by Crippen LogP contribution is -1.76. The minimum Gasteiger partial charge on any atom is -0.130 e. The fourth-order valence-electron chi connectivity index (χ4n) is 1.47. The number of hydrogen-bond acceptors (Lipinski definition) is 1. The monoisotopic (exact) mass is 218 g/mol. The molecule has 0 heterocycles. The lowest BCUT2D eigenvalue weighted by molar-refractivity contribution is 1.47. The standard InChI is InChI=1S/C12H12S.C2H6/c1-9-3-4-11-8-12(13-2)6-5-10(11)7-9;1-2/h3-8H,1-2H3;1-2H3. The SMILES string of the molecule is CC.CSc1ccc2cc(C)ccc2c1. The summed E-state index contributed by atoms with van der Waals surface area (Å²) in [5.41, 5.74) is 1.32. The van der Waals surface area contributed by atoms with Crippen molar-refractivity contribution >= 4 is 22.5 Å². The van der Waals surface area contributed by atoms with Gasteiger partial charge in [0, 0.05) is 4.90 Å². The first-order valence-corrected chi connectivity index (χ1v) is 6.56. The average molecular weight is 218 g/mol. The highest BCUT2D eigenvalue weighted by molar-refractivity contribution is 7.98. The van der Waals surface area contributed by atoms with E-state index in [0.717, 1.165) is 0 Å². The fraction of sp³-hybridized carbons (Fsp3) is 0.286. The first-order chi connectivity index (χ1) is 7.29. The molecule has 0 aliphatic heterocycles. The van der Waals surface area contributed by atoms with Crippen molar-refractivity contribution in [3.63, 3.8) is 0 Å². The van der Waals surface area contributed by atoms with Crippen LogP contribution >= 0.6 is 11.8 Å². The second kappa shape index (κ2) is 5.82. The molecule has 15 heavy (non-hydrogen) atoms. The summed E-state index contributed by atoms with van der Waals surface area (Å²) in [5, 5.41) is 2.66. The summed E-state index contributed by atoms with van der Waals surface area (Å²) in [6, 6.07) is 13.2. The Balaban J connectivity index is 0.000000531. The second-order valence-corrected chi connectivity index (χ2v) is 4.10. The maximum atomic E-state index is 2.24. The van der Waals surface area contributed by atoms with Crippen LogP contribution in [0.25, 0.3) is 10.8 Å². The molecular formula is C14H18S. The largest absolute Gasteiger partial charge is 0.130 e. The lowest BCUT2D eigenvalue weighted by atomic mass is 10.1. The van der Waals surface area contributed by atoms with E-state index in [1.165, 1.54) is 21.2 Å². The van der Waals surface area contributed by atoms with Gasteiger partial charge < -0.3 is 0 Å². The summed E-state index contributed by atoms with van der Waals surface area (Å²) >= 11 is 1.79. The maximum Gasteiger partial charge on any atom is 0.00755 e. The number of rotatable bonds is 1. The zero-order valence-corrected chi connectivity index (χ0v) is 10.7. The van der Waals surface area contributed by atoms with Gasteiger partial charge in [-0.15, -0.1) is 11.8 Å². The van der Waals surface area contributed by atoms with E-state index in [2.05, 4.69) is 49.6 Å². The van der Waals surface area contributed by atoms with Crippen LogP contribution in [0, 0.1) is 6.92 Å². The van der Waals surface area contributed by atoms with Gasteiger partial charge in [-0.05, 0) is 36.1 Å². The summed E-state index contributed by atoms with van der Waals surface area (Å²) < 4.78 is 0. The van der Waals surface area contributed by atoms with E-state index in [1.807, 2.05) is 13.8 Å². The molecule has 1 heteroatoms. The predicted molar refractivity (Wildman–Crippen MR) is 71.8 cm³/mol. The van der Waals surface area contributed by atoms with E-state index in [-0.39, 0.29) is 0 Å². The normalized spacial score (nSPS) is 9.60. The topological polar surface area (TPSA) is 0 Å². The molecule has 0 atom stereocenters. The van der Waals surface area contributed by atoms with Gasteiger partial charge in [-0.1, -0.05) is 43.7 Å². The number of fused-ring (bicyclic) bond motifs is 1. The smallest absolute Gasteiger partial charge is 0.00755 e. The molecule has 2 rings (SSSR count). The number of benzene rings is 2. The van der Waals surface area contributed by atoms with Crippen LogP contribution in [0.2, 0.25) is 0 Å². The van der Waals surface area contributed by atoms with Crippen LogP contribution in [0.1, 0.15) is 19.4 Å². The third kappa shape index (κ3) is 3.00. The van der Waals surface area contributed by atoms with Gasteiger partial charge in [0.15, 0.2) is 0 Å². The van der Waals surface area contributed by atoms with Crippen LogP contribution in [-0.4, -0.2) is 6.26 Å². The molecule has 0 saturated carbocycles. The first kappa shape index (κ1) is 12.1. The Bertz CT molecular complexity index is 432. The lowest BCUT2D eigenvalue weighted by Gasteiger charge is -2.01. The van der Waals surface area contributed by atoms with Gasteiger partial charge in [0.25, 0.3) is 0 Å². The Hall–Kier alpha value is -0.950. The summed E-state index contributed by atoms with van der Waals surface area (Å²) in [4.78, 5) is 1.33. The van der Waals surface area contributed by atoms with Gasteiger partial charge >= 0.3 is 0 Å². The second-order valence-electron chi connectivity index (χ2n) is 3.22. The summed E-state index contributed by atoms with van der Waals surface area (Å²) in [6.45, 7) is 6.13. The quantitative estimate of drug-likeness (QED) is 0.614. The van der Waals surface area contributed by atoms with E-state index >= 15 is 0 Å². The molecule has 0 spiro atoms. The minimum absolute atomic E-state index is 1.32. The number of aryl methyl sites for hydroxylation is 1. The Morgan fingerprint density at radius 2 is 1.47 bits per heavy atom. The van der Waals surface area contributed by atoms with Crippen LogP contribution < -0.4 is 0 Å². The maximum absolute atomic E-state index is 2.24. The zero-order chi connectivity index (χ0) is 11.3. The Labute approximate surface area is 96.7 Å². The van der Waals surface area contributed by atoms with E-state index in [0.29, 0.717) is 0 Å². The highest BCUT2D eigenvalue weighted by Crippen LogP contribution is 2.22. The first-order valence-electron chi connectivity index (χ1n) is 5.34. The minimum atomic E-state index is 1.32. The summed E-state index contributed by atoms with van der Waals surface area (Å²) in [5.74, 6) is 0. The van der Waals surface area contributed by atoms with E-state index < -0.39 is 0 Å². The molecule has 0 aliphatic rings. The van der Waals surface area contributed by atoms with Crippen molar-refractivity contribution in [2.24, 2.45) is 0 Å². The molecule has 0 saturated heterocycles. The van der Waals surface area contributed by atoms with Gasteiger partial charge in [0.05, 0.1) is 0 Å². The Kier molecular flexibility index (Phi) is 4.70. The van der Waals surface area contributed by atoms with Gasteiger partial charge in [0.1, 0.15) is 0 Å². The molecular weight excluding hydrogens is 200 g/mol. The Morgan fingerprint density at radius 1 is 0.867 bits per heavy atom. The van der Waals surface area contributed by atoms with Crippen molar-refractivity contribution in [3.8, 4) is 0 Å². The molecule has 0 aliphatic carbocycles. The van der Waals surface area contributed by atoms with Crippen molar-refractivity contribution in [3.05, 3.63) is 42.0 Å².